The van der Waals surface area contributed by atoms with Crippen molar-refractivity contribution in [3.63, 3.8) is 0 Å². The predicted octanol–water partition coefficient (Wildman–Crippen LogP) is 3.32. The molecule has 1 aromatic carbocycles. The average molecular weight is 324 g/mol. The summed E-state index contributed by atoms with van der Waals surface area (Å²) in [4.78, 5) is 13.9. The number of rotatable bonds is 4. The normalized spacial score (nSPS) is 19.1. The molecule has 1 N–H and O–H groups in total. The number of amides is 1. The summed E-state index contributed by atoms with van der Waals surface area (Å²) in [6.45, 7) is 2.30. The smallest absolute Gasteiger partial charge is 0.224 e. The molecule has 4 nitrogen and oxygen atoms in total. The van der Waals surface area contributed by atoms with E-state index in [1.807, 2.05) is 4.90 Å². The Morgan fingerprint density at radius 1 is 1.17 bits per heavy atom. The topological polar surface area (TPSA) is 41.6 Å². The molecule has 0 atom stereocenters. The summed E-state index contributed by atoms with van der Waals surface area (Å²) in [5, 5.41) is 2.40. The lowest BCUT2D eigenvalue weighted by molar-refractivity contribution is -0.117. The van der Waals surface area contributed by atoms with Gasteiger partial charge in [0.2, 0.25) is 5.91 Å². The number of hydrogen-bond acceptors (Lipinski definition) is 3. The number of ether oxygens (including phenoxy) is 1. The Bertz CT molecular complexity index is 545. The van der Waals surface area contributed by atoms with Crippen LogP contribution < -0.4 is 10.2 Å². The highest BCUT2D eigenvalue weighted by Gasteiger charge is 2.21. The number of hydrogen-bond donors (Lipinski definition) is 1. The van der Waals surface area contributed by atoms with Crippen LogP contribution in [0.1, 0.15) is 32.1 Å². The van der Waals surface area contributed by atoms with Crippen LogP contribution in [0.15, 0.2) is 12.1 Å². The van der Waals surface area contributed by atoms with Crippen LogP contribution in [0.4, 0.5) is 20.2 Å². The molecule has 3 rings (SSSR count). The van der Waals surface area contributed by atoms with Gasteiger partial charge in [-0.3, -0.25) is 4.79 Å². The second kappa shape index (κ2) is 7.25. The standard InChI is InChI=1S/C17H22F2N2O2/c18-14-10-13(21-5-7-23-8-6-21)11-15(19)17(14)20-16(22)9-12-3-1-2-4-12/h10-12H,1-9H2,(H,20,22). The van der Waals surface area contributed by atoms with Crippen LogP contribution in [-0.2, 0) is 9.53 Å². The third-order valence-electron chi connectivity index (χ3n) is 4.62. The number of benzene rings is 1. The van der Waals surface area contributed by atoms with E-state index < -0.39 is 11.6 Å². The first-order valence-corrected chi connectivity index (χ1v) is 8.25. The average Bonchev–Trinajstić information content (AvgIpc) is 3.04. The molecule has 6 heteroatoms. The van der Waals surface area contributed by atoms with E-state index in [-0.39, 0.29) is 11.6 Å². The summed E-state index contributed by atoms with van der Waals surface area (Å²) in [6.07, 6.45) is 4.65. The molecule has 23 heavy (non-hydrogen) atoms. The zero-order chi connectivity index (χ0) is 16.2. The predicted molar refractivity (Wildman–Crippen MR) is 84.6 cm³/mol. The van der Waals surface area contributed by atoms with Crippen LogP contribution in [0.5, 0.6) is 0 Å². The van der Waals surface area contributed by atoms with Gasteiger partial charge in [0.15, 0.2) is 11.6 Å². The number of nitrogens with one attached hydrogen (secondary N) is 1. The monoisotopic (exact) mass is 324 g/mol. The number of carbonyl (C=O) groups is 1. The van der Waals surface area contributed by atoms with Gasteiger partial charge in [0.25, 0.3) is 0 Å². The van der Waals surface area contributed by atoms with E-state index in [1.165, 1.54) is 12.1 Å². The minimum Gasteiger partial charge on any atom is -0.378 e. The summed E-state index contributed by atoms with van der Waals surface area (Å²) in [6, 6.07) is 2.55. The molecule has 1 amide bonds. The number of anilines is 2. The van der Waals surface area contributed by atoms with Gasteiger partial charge < -0.3 is 15.0 Å². The molecule has 0 radical (unpaired) electrons. The molecule has 1 aromatic rings. The Morgan fingerprint density at radius 3 is 2.39 bits per heavy atom. The SMILES string of the molecule is O=C(CC1CCCC1)Nc1c(F)cc(N2CCOCC2)cc1F. The van der Waals surface area contributed by atoms with Crippen LogP contribution >= 0.6 is 0 Å². The van der Waals surface area contributed by atoms with Crippen molar-refractivity contribution < 1.29 is 18.3 Å². The van der Waals surface area contributed by atoms with Crippen LogP contribution in [-0.4, -0.2) is 32.2 Å². The van der Waals surface area contributed by atoms with Gasteiger partial charge in [0.05, 0.1) is 13.2 Å². The number of halogens is 2. The van der Waals surface area contributed by atoms with E-state index in [0.717, 1.165) is 25.7 Å². The highest BCUT2D eigenvalue weighted by molar-refractivity contribution is 5.91. The summed E-state index contributed by atoms with van der Waals surface area (Å²) in [7, 11) is 0. The molecule has 1 saturated heterocycles. The van der Waals surface area contributed by atoms with Gasteiger partial charge in [-0.15, -0.1) is 0 Å². The molecule has 0 spiro atoms. The number of carbonyl (C=O) groups excluding carboxylic acids is 1. The molecule has 126 valence electrons. The van der Waals surface area contributed by atoms with Crippen molar-refractivity contribution in [3.05, 3.63) is 23.8 Å². The second-order valence-corrected chi connectivity index (χ2v) is 6.29. The third-order valence-corrected chi connectivity index (χ3v) is 4.62. The van der Waals surface area contributed by atoms with Crippen molar-refractivity contribution in [1.82, 2.24) is 0 Å². The molecule has 0 bridgehead atoms. The van der Waals surface area contributed by atoms with Crippen LogP contribution in [0.2, 0.25) is 0 Å². The van der Waals surface area contributed by atoms with Gasteiger partial charge in [-0.25, -0.2) is 8.78 Å². The maximum atomic E-state index is 14.2. The molecule has 2 aliphatic rings. The molecule has 2 fully saturated rings. The van der Waals surface area contributed by atoms with E-state index in [1.54, 1.807) is 0 Å². The van der Waals surface area contributed by atoms with Gasteiger partial charge in [0.1, 0.15) is 5.69 Å². The maximum Gasteiger partial charge on any atom is 0.224 e. The van der Waals surface area contributed by atoms with Crippen molar-refractivity contribution >= 4 is 17.3 Å². The molecule has 1 heterocycles. The number of nitrogens with zero attached hydrogens (tertiary/aromatic N) is 1. The first-order valence-electron chi connectivity index (χ1n) is 8.25. The van der Waals surface area contributed by atoms with E-state index in [9.17, 15) is 13.6 Å². The van der Waals surface area contributed by atoms with E-state index in [4.69, 9.17) is 4.74 Å². The summed E-state index contributed by atoms with van der Waals surface area (Å²) in [5.41, 5.74) is 0.141. The van der Waals surface area contributed by atoms with Crippen LogP contribution in [0.3, 0.4) is 0 Å². The lowest BCUT2D eigenvalue weighted by Crippen LogP contribution is -2.36. The Kier molecular flexibility index (Phi) is 5.10. The van der Waals surface area contributed by atoms with Crippen LogP contribution in [0.25, 0.3) is 0 Å². The first-order chi connectivity index (χ1) is 11.1. The quantitative estimate of drug-likeness (QED) is 0.924. The second-order valence-electron chi connectivity index (χ2n) is 6.29. The van der Waals surface area contributed by atoms with Crippen molar-refractivity contribution in [2.45, 2.75) is 32.1 Å². The van der Waals surface area contributed by atoms with Crippen molar-refractivity contribution in [1.29, 1.82) is 0 Å². The molecule has 1 aliphatic heterocycles. The van der Waals surface area contributed by atoms with Crippen molar-refractivity contribution in [2.75, 3.05) is 36.5 Å². The Morgan fingerprint density at radius 2 is 1.78 bits per heavy atom. The Labute approximate surface area is 134 Å². The van der Waals surface area contributed by atoms with E-state index >= 15 is 0 Å². The lowest BCUT2D eigenvalue weighted by atomic mass is 10.0. The van der Waals surface area contributed by atoms with Crippen LogP contribution in [0, 0.1) is 17.6 Å². The summed E-state index contributed by atoms with van der Waals surface area (Å²) in [5.74, 6) is -1.43. The third kappa shape index (κ3) is 3.99. The van der Waals surface area contributed by atoms with Gasteiger partial charge in [0, 0.05) is 25.2 Å². The molecule has 1 aliphatic carbocycles. The first kappa shape index (κ1) is 16.2. The fourth-order valence-corrected chi connectivity index (χ4v) is 3.35. The maximum absolute atomic E-state index is 14.2. The van der Waals surface area contributed by atoms with Gasteiger partial charge >= 0.3 is 0 Å². The largest absolute Gasteiger partial charge is 0.378 e. The molecular formula is C17H22F2N2O2. The van der Waals surface area contributed by atoms with E-state index in [2.05, 4.69) is 5.32 Å². The Hall–Kier alpha value is -1.69. The minimum atomic E-state index is -0.730. The fourth-order valence-electron chi connectivity index (χ4n) is 3.35. The molecule has 0 unspecified atom stereocenters. The van der Waals surface area contributed by atoms with E-state index in [0.29, 0.717) is 44.3 Å². The molecule has 0 aromatic heterocycles. The highest BCUT2D eigenvalue weighted by atomic mass is 19.1. The highest BCUT2D eigenvalue weighted by Crippen LogP contribution is 2.30. The lowest BCUT2D eigenvalue weighted by Gasteiger charge is -2.29. The minimum absolute atomic E-state index is 0.311. The number of morpholine rings is 1. The summed E-state index contributed by atoms with van der Waals surface area (Å²) < 4.78 is 33.7. The van der Waals surface area contributed by atoms with Gasteiger partial charge in [-0.05, 0) is 30.9 Å². The summed E-state index contributed by atoms with van der Waals surface area (Å²) >= 11 is 0. The van der Waals surface area contributed by atoms with Gasteiger partial charge in [-0.2, -0.15) is 0 Å². The van der Waals surface area contributed by atoms with Crippen molar-refractivity contribution in [3.8, 4) is 0 Å². The zero-order valence-corrected chi connectivity index (χ0v) is 13.1. The molecule has 1 saturated carbocycles. The Balaban J connectivity index is 1.68. The van der Waals surface area contributed by atoms with Gasteiger partial charge in [-0.1, -0.05) is 12.8 Å². The fraction of sp³-hybridized carbons (Fsp3) is 0.588. The van der Waals surface area contributed by atoms with Crippen molar-refractivity contribution in [2.24, 2.45) is 5.92 Å². The molecular weight excluding hydrogens is 302 g/mol. The zero-order valence-electron chi connectivity index (χ0n) is 13.1.